The highest BCUT2D eigenvalue weighted by Gasteiger charge is 2.07. The highest BCUT2D eigenvalue weighted by molar-refractivity contribution is 5.95. The summed E-state index contributed by atoms with van der Waals surface area (Å²) in [7, 11) is 1.58. The van der Waals surface area contributed by atoms with Crippen LogP contribution in [0.3, 0.4) is 0 Å². The summed E-state index contributed by atoms with van der Waals surface area (Å²) in [6.45, 7) is 3.03. The van der Waals surface area contributed by atoms with Gasteiger partial charge in [-0.2, -0.15) is 0 Å². The molecule has 0 unspecified atom stereocenters. The van der Waals surface area contributed by atoms with E-state index in [1.807, 2.05) is 6.92 Å². The summed E-state index contributed by atoms with van der Waals surface area (Å²) in [5.74, 6) is -0.00307. The minimum absolute atomic E-state index is 0.0866. The standard InChI is InChI=1S/C12H18N2O3/c1-3-11(15)10-4-6-14(8-10)9-12(16)13-5-7-17-2/h4,6,8H,3,5,7,9H2,1-2H3,(H,13,16). The fraction of sp³-hybridized carbons (Fsp3) is 0.500. The summed E-state index contributed by atoms with van der Waals surface area (Å²) in [6, 6.07) is 1.73. The zero-order valence-corrected chi connectivity index (χ0v) is 10.2. The lowest BCUT2D eigenvalue weighted by Gasteiger charge is -2.05. The molecule has 0 atom stereocenters. The van der Waals surface area contributed by atoms with Crippen LogP contribution in [0, 0.1) is 0 Å². The Morgan fingerprint density at radius 1 is 1.47 bits per heavy atom. The predicted molar refractivity (Wildman–Crippen MR) is 63.9 cm³/mol. The first-order valence-electron chi connectivity index (χ1n) is 5.62. The lowest BCUT2D eigenvalue weighted by molar-refractivity contribution is -0.121. The predicted octanol–water partition coefficient (Wildman–Crippen LogP) is 0.843. The van der Waals surface area contributed by atoms with Crippen molar-refractivity contribution in [1.29, 1.82) is 0 Å². The Balaban J connectivity index is 2.43. The number of hydrogen-bond donors (Lipinski definition) is 1. The lowest BCUT2D eigenvalue weighted by Crippen LogP contribution is -2.30. The van der Waals surface area contributed by atoms with E-state index in [4.69, 9.17) is 4.74 Å². The number of hydrogen-bond acceptors (Lipinski definition) is 3. The number of amides is 1. The second kappa shape index (κ2) is 6.85. The topological polar surface area (TPSA) is 60.3 Å². The number of Topliss-reactive ketones (excluding diaryl/α,β-unsaturated/α-hetero) is 1. The molecule has 5 nitrogen and oxygen atoms in total. The minimum atomic E-state index is -0.0897. The fourth-order valence-corrected chi connectivity index (χ4v) is 1.42. The van der Waals surface area contributed by atoms with Crippen LogP contribution in [0.4, 0.5) is 0 Å². The van der Waals surface area contributed by atoms with Gasteiger partial charge in [0.25, 0.3) is 0 Å². The van der Waals surface area contributed by atoms with Gasteiger partial charge in [-0.15, -0.1) is 0 Å². The molecule has 0 aliphatic carbocycles. The highest BCUT2D eigenvalue weighted by Crippen LogP contribution is 2.04. The minimum Gasteiger partial charge on any atom is -0.383 e. The second-order valence-corrected chi connectivity index (χ2v) is 3.69. The van der Waals surface area contributed by atoms with E-state index in [0.29, 0.717) is 25.1 Å². The average molecular weight is 238 g/mol. The molecule has 0 fully saturated rings. The molecule has 0 saturated heterocycles. The molecule has 1 aromatic rings. The molecule has 0 aliphatic heterocycles. The number of carbonyl (C=O) groups excluding carboxylic acids is 2. The van der Waals surface area contributed by atoms with E-state index < -0.39 is 0 Å². The highest BCUT2D eigenvalue weighted by atomic mass is 16.5. The average Bonchev–Trinajstić information content (AvgIpc) is 2.77. The maximum atomic E-state index is 11.5. The van der Waals surface area contributed by atoms with E-state index in [1.54, 1.807) is 30.1 Å². The molecule has 0 aliphatic rings. The Morgan fingerprint density at radius 3 is 2.88 bits per heavy atom. The molecule has 1 amide bonds. The first-order valence-corrected chi connectivity index (χ1v) is 5.62. The molecule has 0 spiro atoms. The number of nitrogens with one attached hydrogen (secondary N) is 1. The monoisotopic (exact) mass is 238 g/mol. The molecule has 0 radical (unpaired) electrons. The quantitative estimate of drug-likeness (QED) is 0.565. The number of nitrogens with zero attached hydrogens (tertiary/aromatic N) is 1. The fourth-order valence-electron chi connectivity index (χ4n) is 1.42. The zero-order valence-electron chi connectivity index (χ0n) is 10.2. The van der Waals surface area contributed by atoms with Crippen molar-refractivity contribution in [3.8, 4) is 0 Å². The van der Waals surface area contributed by atoms with Gasteiger partial charge < -0.3 is 14.6 Å². The van der Waals surface area contributed by atoms with Crippen LogP contribution in [-0.4, -0.2) is 36.5 Å². The zero-order chi connectivity index (χ0) is 12.7. The Morgan fingerprint density at radius 2 is 2.24 bits per heavy atom. The van der Waals surface area contributed by atoms with Crippen LogP contribution in [0.25, 0.3) is 0 Å². The van der Waals surface area contributed by atoms with Crippen molar-refractivity contribution in [1.82, 2.24) is 9.88 Å². The van der Waals surface area contributed by atoms with E-state index in [0.717, 1.165) is 0 Å². The molecule has 0 saturated carbocycles. The van der Waals surface area contributed by atoms with Crippen LogP contribution in [0.2, 0.25) is 0 Å². The smallest absolute Gasteiger partial charge is 0.239 e. The van der Waals surface area contributed by atoms with Gasteiger partial charge in [0.1, 0.15) is 6.54 Å². The molecule has 1 N–H and O–H groups in total. The molecule has 1 heterocycles. The van der Waals surface area contributed by atoms with Crippen LogP contribution < -0.4 is 5.32 Å². The third kappa shape index (κ3) is 4.40. The maximum absolute atomic E-state index is 11.5. The molecule has 0 bridgehead atoms. The van der Waals surface area contributed by atoms with E-state index >= 15 is 0 Å². The van der Waals surface area contributed by atoms with Crippen LogP contribution in [0.15, 0.2) is 18.5 Å². The lowest BCUT2D eigenvalue weighted by atomic mass is 10.2. The first kappa shape index (κ1) is 13.4. The summed E-state index contributed by atoms with van der Waals surface area (Å²) in [5.41, 5.74) is 0.650. The van der Waals surface area contributed by atoms with Gasteiger partial charge in [0.15, 0.2) is 5.78 Å². The molecular formula is C12H18N2O3. The molecule has 1 rings (SSSR count). The van der Waals surface area contributed by atoms with Gasteiger partial charge in [-0.3, -0.25) is 9.59 Å². The van der Waals surface area contributed by atoms with E-state index in [-0.39, 0.29) is 18.2 Å². The number of aromatic nitrogens is 1. The normalized spacial score (nSPS) is 10.2. The molecule has 5 heteroatoms. The Kier molecular flexibility index (Phi) is 5.42. The van der Waals surface area contributed by atoms with Crippen LogP contribution >= 0.6 is 0 Å². The van der Waals surface area contributed by atoms with Gasteiger partial charge in [0, 0.05) is 38.0 Å². The van der Waals surface area contributed by atoms with E-state index in [2.05, 4.69) is 5.32 Å². The molecule has 0 aromatic carbocycles. The number of carbonyl (C=O) groups is 2. The van der Waals surface area contributed by atoms with E-state index in [1.165, 1.54) is 0 Å². The number of methoxy groups -OCH3 is 1. The van der Waals surface area contributed by atoms with Gasteiger partial charge in [-0.25, -0.2) is 0 Å². The van der Waals surface area contributed by atoms with Crippen LogP contribution in [0.5, 0.6) is 0 Å². The summed E-state index contributed by atoms with van der Waals surface area (Å²) in [5, 5.41) is 2.71. The largest absolute Gasteiger partial charge is 0.383 e. The van der Waals surface area contributed by atoms with Crippen molar-refractivity contribution in [2.75, 3.05) is 20.3 Å². The van der Waals surface area contributed by atoms with Gasteiger partial charge in [-0.05, 0) is 6.07 Å². The van der Waals surface area contributed by atoms with Gasteiger partial charge in [0.2, 0.25) is 5.91 Å². The molecule has 1 aromatic heterocycles. The van der Waals surface area contributed by atoms with Crippen molar-refractivity contribution in [2.24, 2.45) is 0 Å². The number of ether oxygens (including phenoxy) is 1. The van der Waals surface area contributed by atoms with Crippen molar-refractivity contribution in [3.05, 3.63) is 24.0 Å². The third-order valence-corrected chi connectivity index (χ3v) is 2.35. The first-order chi connectivity index (χ1) is 8.17. The van der Waals surface area contributed by atoms with E-state index in [9.17, 15) is 9.59 Å². The van der Waals surface area contributed by atoms with Crippen LogP contribution in [0.1, 0.15) is 23.7 Å². The molecular weight excluding hydrogens is 220 g/mol. The summed E-state index contributed by atoms with van der Waals surface area (Å²) in [4.78, 5) is 22.9. The Hall–Kier alpha value is -1.62. The molecule has 17 heavy (non-hydrogen) atoms. The van der Waals surface area contributed by atoms with Gasteiger partial charge in [-0.1, -0.05) is 6.92 Å². The second-order valence-electron chi connectivity index (χ2n) is 3.69. The Bertz CT molecular complexity index is 385. The third-order valence-electron chi connectivity index (χ3n) is 2.35. The van der Waals surface area contributed by atoms with Crippen molar-refractivity contribution < 1.29 is 14.3 Å². The SMILES string of the molecule is CCC(=O)c1ccn(CC(=O)NCCOC)c1. The van der Waals surface area contributed by atoms with Crippen molar-refractivity contribution in [3.63, 3.8) is 0 Å². The molecule has 94 valence electrons. The summed E-state index contributed by atoms with van der Waals surface area (Å²) >= 11 is 0. The van der Waals surface area contributed by atoms with Crippen LogP contribution in [-0.2, 0) is 16.1 Å². The number of rotatable bonds is 7. The Labute approximate surface area is 101 Å². The van der Waals surface area contributed by atoms with Crippen molar-refractivity contribution in [2.45, 2.75) is 19.9 Å². The maximum Gasteiger partial charge on any atom is 0.239 e. The van der Waals surface area contributed by atoms with Gasteiger partial charge >= 0.3 is 0 Å². The summed E-state index contributed by atoms with van der Waals surface area (Å²) in [6.07, 6.45) is 3.91. The van der Waals surface area contributed by atoms with Crippen molar-refractivity contribution >= 4 is 11.7 Å². The number of ketones is 1. The summed E-state index contributed by atoms with van der Waals surface area (Å²) < 4.78 is 6.53. The van der Waals surface area contributed by atoms with Gasteiger partial charge in [0.05, 0.1) is 6.61 Å².